The number of carboxylic acids is 1. The third-order valence-corrected chi connectivity index (χ3v) is 2.33. The molecule has 0 atom stereocenters. The lowest BCUT2D eigenvalue weighted by Crippen LogP contribution is -2.05. The Balaban J connectivity index is 2.59. The summed E-state index contributed by atoms with van der Waals surface area (Å²) in [4.78, 5) is 10.8. The van der Waals surface area contributed by atoms with E-state index in [2.05, 4.69) is 0 Å². The summed E-state index contributed by atoms with van der Waals surface area (Å²) in [6, 6.07) is 13.5. The fraction of sp³-hybridized carbons (Fsp3) is 0. The van der Waals surface area contributed by atoms with Gasteiger partial charge in [-0.05, 0) is 17.2 Å². The number of hydrogen-bond acceptors (Lipinski definition) is 2. The normalized spacial score (nSPS) is 10.0. The van der Waals surface area contributed by atoms with Crippen molar-refractivity contribution in [2.75, 3.05) is 0 Å². The number of para-hydroxylation sites is 1. The maximum Gasteiger partial charge on any atom is 0.335 e. The maximum atomic E-state index is 11.8. The van der Waals surface area contributed by atoms with Crippen molar-refractivity contribution < 1.29 is 15.0 Å². The van der Waals surface area contributed by atoms with E-state index in [0.717, 1.165) is 5.56 Å². The first-order valence-electron chi connectivity index (χ1n) is 4.79. The highest BCUT2D eigenvalue weighted by atomic mass is 16.4. The van der Waals surface area contributed by atoms with Crippen molar-refractivity contribution in [3.8, 4) is 16.9 Å². The molecule has 0 heterocycles. The summed E-state index contributed by atoms with van der Waals surface area (Å²) in [6.45, 7) is 0. The highest BCUT2D eigenvalue weighted by molar-refractivity contribution is 5.93. The number of hydrogen-bond donors (Lipinski definition) is 1. The van der Waals surface area contributed by atoms with Crippen LogP contribution in [0.1, 0.15) is 10.4 Å². The van der Waals surface area contributed by atoms with Crippen molar-refractivity contribution in [1.82, 2.24) is 0 Å². The molecule has 3 nitrogen and oxygen atoms in total. The van der Waals surface area contributed by atoms with Gasteiger partial charge in [0.05, 0.1) is 5.56 Å². The van der Waals surface area contributed by atoms with Crippen LogP contribution in [0.25, 0.3) is 11.1 Å². The van der Waals surface area contributed by atoms with E-state index in [0.29, 0.717) is 5.56 Å². The molecule has 0 aliphatic carbocycles. The molecule has 0 unspecified atom stereocenters. The summed E-state index contributed by atoms with van der Waals surface area (Å²) in [7, 11) is 0. The Bertz CT molecular complexity index is 518. The first-order chi connectivity index (χ1) is 7.70. The van der Waals surface area contributed by atoms with Gasteiger partial charge in [-0.25, -0.2) is 4.79 Å². The molecular formula is C13H9O3-. The molecule has 0 aliphatic rings. The zero-order valence-corrected chi connectivity index (χ0v) is 8.38. The molecule has 2 aromatic rings. The van der Waals surface area contributed by atoms with Crippen LogP contribution in [0.4, 0.5) is 0 Å². The molecule has 2 aromatic carbocycles. The SMILES string of the molecule is O=C(O)c1cccc(-c2ccccc2)c1[O-]. The van der Waals surface area contributed by atoms with Gasteiger partial charge in [-0.15, -0.1) is 0 Å². The monoisotopic (exact) mass is 213 g/mol. The van der Waals surface area contributed by atoms with E-state index in [1.54, 1.807) is 24.3 Å². The van der Waals surface area contributed by atoms with Crippen molar-refractivity contribution in [2.24, 2.45) is 0 Å². The smallest absolute Gasteiger partial charge is 0.335 e. The highest BCUT2D eigenvalue weighted by Crippen LogP contribution is 2.29. The van der Waals surface area contributed by atoms with E-state index in [1.165, 1.54) is 6.07 Å². The third kappa shape index (κ3) is 1.75. The predicted octanol–water partition coefficient (Wildman–Crippen LogP) is 2.13. The van der Waals surface area contributed by atoms with E-state index in [4.69, 9.17) is 5.11 Å². The summed E-state index contributed by atoms with van der Waals surface area (Å²) in [6.07, 6.45) is 0. The second-order valence-corrected chi connectivity index (χ2v) is 3.35. The van der Waals surface area contributed by atoms with Gasteiger partial charge in [0, 0.05) is 0 Å². The molecular weight excluding hydrogens is 204 g/mol. The molecule has 0 radical (unpaired) electrons. The van der Waals surface area contributed by atoms with Crippen LogP contribution in [0.2, 0.25) is 0 Å². The fourth-order valence-corrected chi connectivity index (χ4v) is 1.55. The minimum Gasteiger partial charge on any atom is -0.871 e. The van der Waals surface area contributed by atoms with Crippen LogP contribution < -0.4 is 5.11 Å². The van der Waals surface area contributed by atoms with Crippen LogP contribution in [0.15, 0.2) is 48.5 Å². The summed E-state index contributed by atoms with van der Waals surface area (Å²) < 4.78 is 0. The quantitative estimate of drug-likeness (QED) is 0.831. The van der Waals surface area contributed by atoms with Gasteiger partial charge in [-0.3, -0.25) is 0 Å². The van der Waals surface area contributed by atoms with Crippen molar-refractivity contribution in [3.63, 3.8) is 0 Å². The standard InChI is InChI=1S/C13H10O3/c14-12-10(9-5-2-1-3-6-9)7-4-8-11(12)13(15)16/h1-8,14H,(H,15,16)/p-1. The maximum absolute atomic E-state index is 11.8. The molecule has 1 N–H and O–H groups in total. The molecule has 0 fully saturated rings. The second-order valence-electron chi connectivity index (χ2n) is 3.35. The summed E-state index contributed by atoms with van der Waals surface area (Å²) >= 11 is 0. The van der Waals surface area contributed by atoms with Gasteiger partial charge in [0.15, 0.2) is 0 Å². The third-order valence-electron chi connectivity index (χ3n) is 2.33. The first kappa shape index (κ1) is 10.2. The van der Waals surface area contributed by atoms with Crippen LogP contribution >= 0.6 is 0 Å². The largest absolute Gasteiger partial charge is 0.871 e. The Morgan fingerprint density at radius 3 is 2.31 bits per heavy atom. The molecule has 0 saturated carbocycles. The number of benzene rings is 2. The van der Waals surface area contributed by atoms with Gasteiger partial charge >= 0.3 is 5.97 Å². The minimum absolute atomic E-state index is 0.193. The van der Waals surface area contributed by atoms with Crippen molar-refractivity contribution in [1.29, 1.82) is 0 Å². The second kappa shape index (κ2) is 4.06. The minimum atomic E-state index is -1.19. The van der Waals surface area contributed by atoms with Crippen molar-refractivity contribution in [2.45, 2.75) is 0 Å². The van der Waals surface area contributed by atoms with E-state index >= 15 is 0 Å². The number of carboxylic acid groups (broad SMARTS) is 1. The van der Waals surface area contributed by atoms with Crippen molar-refractivity contribution >= 4 is 5.97 Å². The molecule has 2 rings (SSSR count). The van der Waals surface area contributed by atoms with Crippen molar-refractivity contribution in [3.05, 3.63) is 54.1 Å². The number of rotatable bonds is 2. The molecule has 0 aromatic heterocycles. The zero-order chi connectivity index (χ0) is 11.5. The Labute approximate surface area is 92.6 Å². The van der Waals surface area contributed by atoms with Crippen LogP contribution in [-0.4, -0.2) is 11.1 Å². The lowest BCUT2D eigenvalue weighted by Gasteiger charge is -2.16. The van der Waals surface area contributed by atoms with E-state index in [9.17, 15) is 9.90 Å². The van der Waals surface area contributed by atoms with Crippen LogP contribution in [0, 0.1) is 0 Å². The molecule has 0 bridgehead atoms. The van der Waals surface area contributed by atoms with Gasteiger partial charge in [0.1, 0.15) is 0 Å². The topological polar surface area (TPSA) is 60.4 Å². The summed E-state index contributed by atoms with van der Waals surface area (Å²) in [5.41, 5.74) is 0.956. The molecule has 80 valence electrons. The Hall–Kier alpha value is -2.29. The van der Waals surface area contributed by atoms with Crippen LogP contribution in [0.5, 0.6) is 5.75 Å². The lowest BCUT2D eigenvalue weighted by atomic mass is 10.0. The first-order valence-corrected chi connectivity index (χ1v) is 4.79. The lowest BCUT2D eigenvalue weighted by molar-refractivity contribution is -0.267. The fourth-order valence-electron chi connectivity index (χ4n) is 1.55. The molecule has 16 heavy (non-hydrogen) atoms. The summed E-state index contributed by atoms with van der Waals surface area (Å²) in [5.74, 6) is -1.64. The predicted molar refractivity (Wildman–Crippen MR) is 58.3 cm³/mol. The van der Waals surface area contributed by atoms with Crippen LogP contribution in [-0.2, 0) is 0 Å². The average molecular weight is 213 g/mol. The molecule has 0 amide bonds. The van der Waals surface area contributed by atoms with Gasteiger partial charge in [0.25, 0.3) is 0 Å². The number of aromatic carboxylic acids is 1. The Kier molecular flexibility index (Phi) is 2.60. The highest BCUT2D eigenvalue weighted by Gasteiger charge is 2.07. The Morgan fingerprint density at radius 1 is 1.00 bits per heavy atom. The zero-order valence-electron chi connectivity index (χ0n) is 8.38. The molecule has 0 aliphatic heterocycles. The van der Waals surface area contributed by atoms with E-state index in [1.807, 2.05) is 18.2 Å². The van der Waals surface area contributed by atoms with Crippen LogP contribution in [0.3, 0.4) is 0 Å². The summed E-state index contributed by atoms with van der Waals surface area (Å²) in [5, 5.41) is 20.7. The van der Waals surface area contributed by atoms with E-state index in [-0.39, 0.29) is 5.56 Å². The molecule has 0 saturated heterocycles. The van der Waals surface area contributed by atoms with Gasteiger partial charge < -0.3 is 10.2 Å². The van der Waals surface area contributed by atoms with Gasteiger partial charge in [-0.2, -0.15) is 0 Å². The number of carbonyl (C=O) groups is 1. The molecule has 0 spiro atoms. The van der Waals surface area contributed by atoms with Gasteiger partial charge in [0.2, 0.25) is 0 Å². The molecule has 3 heteroatoms. The van der Waals surface area contributed by atoms with Gasteiger partial charge in [-0.1, -0.05) is 48.2 Å². The average Bonchev–Trinajstić information content (AvgIpc) is 2.30. The van der Waals surface area contributed by atoms with E-state index < -0.39 is 11.7 Å². The Morgan fingerprint density at radius 2 is 1.69 bits per heavy atom.